The predicted octanol–water partition coefficient (Wildman–Crippen LogP) is 10.1. The maximum absolute atomic E-state index is 13.8. The Morgan fingerprint density at radius 3 is 2.24 bits per heavy atom. The third-order valence-corrected chi connectivity index (χ3v) is 16.6. The summed E-state index contributed by atoms with van der Waals surface area (Å²) in [5.41, 5.74) is 5.12. The molecule has 1 heterocycles. The van der Waals surface area contributed by atoms with E-state index in [9.17, 15) is 18.7 Å². The average molecular weight is 677 g/mol. The molecule has 0 bridgehead atoms. The van der Waals surface area contributed by atoms with E-state index in [-0.39, 0.29) is 40.0 Å². The van der Waals surface area contributed by atoms with Crippen molar-refractivity contribution in [1.82, 2.24) is 10.2 Å². The molecule has 4 nitrogen and oxygen atoms in total. The minimum Gasteiger partial charge on any atom is -0.478 e. The van der Waals surface area contributed by atoms with Gasteiger partial charge >= 0.3 is 5.97 Å². The summed E-state index contributed by atoms with van der Waals surface area (Å²) in [5, 5.41) is 13.6. The molecule has 0 amide bonds. The summed E-state index contributed by atoms with van der Waals surface area (Å²) in [6.45, 7) is 22.5. The lowest BCUT2D eigenvalue weighted by molar-refractivity contribution is -0.219. The largest absolute Gasteiger partial charge is 0.478 e. The number of likely N-dealkylation sites (tertiary alicyclic amines) is 1. The zero-order chi connectivity index (χ0) is 35.2. The van der Waals surface area contributed by atoms with Gasteiger partial charge in [-0.25, -0.2) is 13.6 Å². The summed E-state index contributed by atoms with van der Waals surface area (Å²) < 4.78 is 27.7. The number of carboxylic acid groups (broad SMARTS) is 1. The summed E-state index contributed by atoms with van der Waals surface area (Å²) in [7, 11) is 0. The monoisotopic (exact) mass is 676 g/mol. The number of rotatable bonds is 7. The number of fused-ring (bicyclic) bond motifs is 7. The summed E-state index contributed by atoms with van der Waals surface area (Å²) in [5.74, 6) is -0.343. The molecule has 2 N–H and O–H groups in total. The maximum Gasteiger partial charge on any atom is 0.335 e. The van der Waals surface area contributed by atoms with E-state index in [4.69, 9.17) is 0 Å². The van der Waals surface area contributed by atoms with Crippen LogP contribution in [0.15, 0.2) is 42.5 Å². The second-order valence-electron chi connectivity index (χ2n) is 18.9. The van der Waals surface area contributed by atoms with Gasteiger partial charge in [-0.3, -0.25) is 0 Å². The molecule has 0 spiro atoms. The lowest BCUT2D eigenvalue weighted by atomic mass is 9.33. The normalized spacial score (nSPS) is 42.6. The number of nitrogens with zero attached hydrogens (tertiary/aromatic N) is 1. The third-order valence-electron chi connectivity index (χ3n) is 16.6. The summed E-state index contributed by atoms with van der Waals surface area (Å²) in [6.07, 6.45) is 13.5. The van der Waals surface area contributed by atoms with Gasteiger partial charge in [-0.05, 0) is 139 Å². The average Bonchev–Trinajstić information content (AvgIpc) is 3.42. The van der Waals surface area contributed by atoms with Crippen LogP contribution < -0.4 is 5.32 Å². The third kappa shape index (κ3) is 5.42. The van der Waals surface area contributed by atoms with Gasteiger partial charge in [-0.2, -0.15) is 0 Å². The van der Waals surface area contributed by atoms with Crippen LogP contribution >= 0.6 is 0 Å². The number of carbonyl (C=O) groups is 1. The van der Waals surface area contributed by atoms with Crippen LogP contribution in [0.1, 0.15) is 128 Å². The second kappa shape index (κ2) is 12.0. The number of hydrogen-bond acceptors (Lipinski definition) is 3. The standard InChI is InChI=1S/C43H62F2N2O2/c1-28(2)31-14-19-42(46-24-27-47-25-22-43(44,45)23-26-47)21-20-40(6)33(36(31)42)12-13-35-39(5)17-15-32(29-8-10-30(11-9-29)37(48)49)38(3,4)34(39)16-18-41(35,40)7/h8-11,15,31,33-36,46H,1,12-14,16-27H2,2-7H3,(H,48,49)/t31-,33?,34-,35+,36+,39-,40+,41+,42-/m0/s1. The van der Waals surface area contributed by atoms with E-state index < -0.39 is 11.9 Å². The molecule has 1 unspecified atom stereocenters. The van der Waals surface area contributed by atoms with Crippen LogP contribution in [0.2, 0.25) is 0 Å². The number of allylic oxidation sites excluding steroid dienone is 3. The molecule has 49 heavy (non-hydrogen) atoms. The fourth-order valence-electron chi connectivity index (χ4n) is 13.9. The zero-order valence-corrected chi connectivity index (χ0v) is 31.1. The van der Waals surface area contributed by atoms with E-state index in [2.05, 4.69) is 64.4 Å². The summed E-state index contributed by atoms with van der Waals surface area (Å²) >= 11 is 0. The molecule has 5 aliphatic carbocycles. The van der Waals surface area contributed by atoms with Gasteiger partial charge in [0.2, 0.25) is 0 Å². The van der Waals surface area contributed by atoms with Crippen LogP contribution in [0.25, 0.3) is 5.57 Å². The predicted molar refractivity (Wildman–Crippen MR) is 195 cm³/mol. The van der Waals surface area contributed by atoms with Gasteiger partial charge in [0.15, 0.2) is 0 Å². The SMILES string of the molecule is C=C(C)[C@@H]1CC[C@]2(NCCN3CCC(F)(F)CC3)CC[C@]3(C)C(CC[C@@H]4[C@@]5(C)CC=C(c6ccc(C(=O)O)cc6)C(C)(C)[C@@H]5CC[C@]43C)[C@@H]12. The minimum absolute atomic E-state index is 0.00319. The highest BCUT2D eigenvalue weighted by molar-refractivity contribution is 5.88. The first kappa shape index (κ1) is 35.4. The Morgan fingerprint density at radius 2 is 1.59 bits per heavy atom. The number of piperidine rings is 1. The number of aromatic carboxylic acids is 1. The maximum atomic E-state index is 13.8. The molecular weight excluding hydrogens is 614 g/mol. The number of benzene rings is 1. The summed E-state index contributed by atoms with van der Waals surface area (Å²) in [6, 6.07) is 7.56. The van der Waals surface area contributed by atoms with E-state index in [1.165, 1.54) is 68.1 Å². The van der Waals surface area contributed by atoms with Crippen molar-refractivity contribution in [3.63, 3.8) is 0 Å². The van der Waals surface area contributed by atoms with Gasteiger partial charge < -0.3 is 15.3 Å². The Bertz CT molecular complexity index is 1490. The van der Waals surface area contributed by atoms with Crippen LogP contribution in [0, 0.1) is 51.2 Å². The van der Waals surface area contributed by atoms with Crippen molar-refractivity contribution in [1.29, 1.82) is 0 Å². The van der Waals surface area contributed by atoms with Crippen molar-refractivity contribution in [2.45, 2.75) is 124 Å². The lowest BCUT2D eigenvalue weighted by Gasteiger charge is -2.72. The number of alkyl halides is 2. The molecule has 7 rings (SSSR count). The van der Waals surface area contributed by atoms with Crippen LogP contribution in [0.3, 0.4) is 0 Å². The van der Waals surface area contributed by atoms with Gasteiger partial charge in [-0.15, -0.1) is 0 Å². The van der Waals surface area contributed by atoms with Crippen molar-refractivity contribution >= 4 is 11.5 Å². The number of nitrogens with one attached hydrogen (secondary N) is 1. The van der Waals surface area contributed by atoms with Gasteiger partial charge in [0.25, 0.3) is 5.92 Å². The van der Waals surface area contributed by atoms with Crippen molar-refractivity contribution < 1.29 is 18.7 Å². The van der Waals surface area contributed by atoms with Crippen molar-refractivity contribution in [3.05, 3.63) is 53.6 Å². The molecule has 270 valence electrons. The van der Waals surface area contributed by atoms with Crippen LogP contribution in [0.4, 0.5) is 8.78 Å². The fourth-order valence-corrected chi connectivity index (χ4v) is 13.9. The Labute approximate surface area is 294 Å². The van der Waals surface area contributed by atoms with E-state index in [1.807, 2.05) is 12.1 Å². The first-order valence-corrected chi connectivity index (χ1v) is 19.5. The van der Waals surface area contributed by atoms with E-state index in [1.54, 1.807) is 12.1 Å². The lowest BCUT2D eigenvalue weighted by Crippen LogP contribution is -2.68. The molecule has 5 fully saturated rings. The zero-order valence-electron chi connectivity index (χ0n) is 31.1. The molecule has 1 saturated heterocycles. The molecule has 1 aliphatic heterocycles. The molecule has 1 aromatic carbocycles. The van der Waals surface area contributed by atoms with E-state index in [0.29, 0.717) is 48.2 Å². The number of hydrogen-bond donors (Lipinski definition) is 2. The molecular formula is C43H62F2N2O2. The minimum atomic E-state index is -2.49. The smallest absolute Gasteiger partial charge is 0.335 e. The van der Waals surface area contributed by atoms with Gasteiger partial charge in [0.1, 0.15) is 0 Å². The van der Waals surface area contributed by atoms with Crippen molar-refractivity contribution in [3.8, 4) is 0 Å². The van der Waals surface area contributed by atoms with Crippen molar-refractivity contribution in [2.24, 2.45) is 51.2 Å². The van der Waals surface area contributed by atoms with Crippen LogP contribution in [-0.2, 0) is 0 Å². The molecule has 1 aromatic rings. The molecule has 9 atom stereocenters. The number of halogens is 2. The van der Waals surface area contributed by atoms with Crippen LogP contribution in [0.5, 0.6) is 0 Å². The van der Waals surface area contributed by atoms with Gasteiger partial charge in [0, 0.05) is 44.6 Å². The molecule has 4 saturated carbocycles. The highest BCUT2D eigenvalue weighted by atomic mass is 19.3. The van der Waals surface area contributed by atoms with Gasteiger partial charge in [0.05, 0.1) is 5.56 Å². The highest BCUT2D eigenvalue weighted by Crippen LogP contribution is 2.76. The fraction of sp³-hybridized carbons (Fsp3) is 0.744. The van der Waals surface area contributed by atoms with Crippen LogP contribution in [-0.4, -0.2) is 53.6 Å². The van der Waals surface area contributed by atoms with Gasteiger partial charge in [-0.1, -0.05) is 65.0 Å². The Morgan fingerprint density at radius 1 is 0.898 bits per heavy atom. The van der Waals surface area contributed by atoms with Crippen molar-refractivity contribution in [2.75, 3.05) is 26.2 Å². The Kier molecular flexibility index (Phi) is 8.66. The first-order chi connectivity index (χ1) is 23.0. The Hall–Kier alpha value is -2.05. The molecule has 6 aliphatic rings. The Balaban J connectivity index is 1.14. The topological polar surface area (TPSA) is 52.6 Å². The first-order valence-electron chi connectivity index (χ1n) is 19.5. The second-order valence-corrected chi connectivity index (χ2v) is 18.9. The molecule has 0 aromatic heterocycles. The number of carboxylic acids is 1. The quantitative estimate of drug-likeness (QED) is 0.282. The molecule has 0 radical (unpaired) electrons. The summed E-state index contributed by atoms with van der Waals surface area (Å²) in [4.78, 5) is 13.8. The molecule has 6 heteroatoms. The highest BCUT2D eigenvalue weighted by Gasteiger charge is 2.70. The van der Waals surface area contributed by atoms with E-state index >= 15 is 0 Å². The van der Waals surface area contributed by atoms with E-state index in [0.717, 1.165) is 19.5 Å².